The predicted molar refractivity (Wildman–Crippen MR) is 69.8 cm³/mol. The summed E-state index contributed by atoms with van der Waals surface area (Å²) in [6, 6.07) is 8.56. The lowest BCUT2D eigenvalue weighted by atomic mass is 10.1. The molecular formula is C14H14N2O2. The number of phenols is 1. The molecule has 4 nitrogen and oxygen atoms in total. The lowest BCUT2D eigenvalue weighted by molar-refractivity contribution is 0.102. The van der Waals surface area contributed by atoms with Gasteiger partial charge < -0.3 is 10.4 Å². The SMILES string of the molecule is Cc1ccc(O)c(C(=O)Nc2ncccc2C)c1. The number of anilines is 1. The quantitative estimate of drug-likeness (QED) is 0.851. The third kappa shape index (κ3) is 2.48. The van der Waals surface area contributed by atoms with E-state index in [9.17, 15) is 9.90 Å². The van der Waals surface area contributed by atoms with E-state index in [1.165, 1.54) is 6.07 Å². The maximum atomic E-state index is 12.0. The number of rotatable bonds is 2. The standard InChI is InChI=1S/C14H14N2O2/c1-9-5-6-12(17)11(8-9)14(18)16-13-10(2)4-3-7-15-13/h3-8,17H,1-2H3,(H,15,16,18). The number of amides is 1. The van der Waals surface area contributed by atoms with Gasteiger partial charge in [0.25, 0.3) is 5.91 Å². The lowest BCUT2D eigenvalue weighted by Gasteiger charge is -2.08. The molecule has 0 aliphatic rings. The molecule has 18 heavy (non-hydrogen) atoms. The molecule has 0 saturated heterocycles. The van der Waals surface area contributed by atoms with E-state index in [1.54, 1.807) is 24.4 Å². The molecule has 92 valence electrons. The van der Waals surface area contributed by atoms with Crippen LogP contribution in [0.5, 0.6) is 5.75 Å². The third-order valence-corrected chi connectivity index (χ3v) is 2.64. The normalized spacial score (nSPS) is 10.1. The van der Waals surface area contributed by atoms with Crippen LogP contribution < -0.4 is 5.32 Å². The minimum Gasteiger partial charge on any atom is -0.507 e. The largest absolute Gasteiger partial charge is 0.507 e. The van der Waals surface area contributed by atoms with E-state index >= 15 is 0 Å². The van der Waals surface area contributed by atoms with Gasteiger partial charge in [0.05, 0.1) is 5.56 Å². The highest BCUT2D eigenvalue weighted by Gasteiger charge is 2.12. The van der Waals surface area contributed by atoms with Crippen LogP contribution in [0.2, 0.25) is 0 Å². The van der Waals surface area contributed by atoms with Crippen LogP contribution in [-0.4, -0.2) is 16.0 Å². The smallest absolute Gasteiger partial charge is 0.260 e. The monoisotopic (exact) mass is 242 g/mol. The summed E-state index contributed by atoms with van der Waals surface area (Å²) in [5.41, 5.74) is 2.04. The summed E-state index contributed by atoms with van der Waals surface area (Å²) in [6.45, 7) is 3.72. The van der Waals surface area contributed by atoms with E-state index in [1.807, 2.05) is 19.9 Å². The van der Waals surface area contributed by atoms with Gasteiger partial charge in [0.1, 0.15) is 11.6 Å². The summed E-state index contributed by atoms with van der Waals surface area (Å²) in [5, 5.41) is 12.4. The first-order valence-electron chi connectivity index (χ1n) is 5.60. The van der Waals surface area contributed by atoms with Gasteiger partial charge in [0, 0.05) is 6.20 Å². The van der Waals surface area contributed by atoms with Gasteiger partial charge in [-0.05, 0) is 37.6 Å². The second-order valence-corrected chi connectivity index (χ2v) is 4.14. The zero-order chi connectivity index (χ0) is 13.1. The van der Waals surface area contributed by atoms with Crippen molar-refractivity contribution in [1.29, 1.82) is 0 Å². The average molecular weight is 242 g/mol. The second kappa shape index (κ2) is 4.87. The van der Waals surface area contributed by atoms with E-state index in [0.717, 1.165) is 11.1 Å². The van der Waals surface area contributed by atoms with Gasteiger partial charge in [-0.25, -0.2) is 4.98 Å². The molecule has 4 heteroatoms. The number of hydrogen-bond acceptors (Lipinski definition) is 3. The number of phenolic OH excluding ortho intramolecular Hbond substituents is 1. The molecule has 2 N–H and O–H groups in total. The molecular weight excluding hydrogens is 228 g/mol. The first-order chi connectivity index (χ1) is 8.58. The van der Waals surface area contributed by atoms with Gasteiger partial charge in [-0.3, -0.25) is 4.79 Å². The predicted octanol–water partition coefficient (Wildman–Crippen LogP) is 2.66. The Bertz CT molecular complexity index is 594. The Hall–Kier alpha value is -2.36. The van der Waals surface area contributed by atoms with Crippen molar-refractivity contribution in [3.8, 4) is 5.75 Å². The number of aromatic hydroxyl groups is 1. The summed E-state index contributed by atoms with van der Waals surface area (Å²) in [4.78, 5) is 16.1. The number of aromatic nitrogens is 1. The molecule has 0 aliphatic heterocycles. The van der Waals surface area contributed by atoms with Gasteiger partial charge in [-0.2, -0.15) is 0 Å². The van der Waals surface area contributed by atoms with E-state index < -0.39 is 0 Å². The average Bonchev–Trinajstić information content (AvgIpc) is 2.35. The fourth-order valence-corrected chi connectivity index (χ4v) is 1.62. The molecule has 2 rings (SSSR count). The summed E-state index contributed by atoms with van der Waals surface area (Å²) < 4.78 is 0. The van der Waals surface area contributed by atoms with Crippen molar-refractivity contribution in [1.82, 2.24) is 4.98 Å². The first kappa shape index (κ1) is 12.1. The van der Waals surface area contributed by atoms with Crippen molar-refractivity contribution in [3.05, 3.63) is 53.2 Å². The molecule has 0 saturated carbocycles. The number of nitrogens with zero attached hydrogens (tertiary/aromatic N) is 1. The molecule has 0 atom stereocenters. The van der Waals surface area contributed by atoms with Gasteiger partial charge in [0.2, 0.25) is 0 Å². The number of nitrogens with one attached hydrogen (secondary N) is 1. The number of carbonyl (C=O) groups is 1. The zero-order valence-electron chi connectivity index (χ0n) is 10.3. The Labute approximate surface area is 105 Å². The van der Waals surface area contributed by atoms with Gasteiger partial charge in [-0.1, -0.05) is 17.7 Å². The Balaban J connectivity index is 2.28. The Morgan fingerprint density at radius 3 is 2.78 bits per heavy atom. The summed E-state index contributed by atoms with van der Waals surface area (Å²) >= 11 is 0. The summed E-state index contributed by atoms with van der Waals surface area (Å²) in [6.07, 6.45) is 1.61. The molecule has 1 aromatic heterocycles. The fourth-order valence-electron chi connectivity index (χ4n) is 1.62. The highest BCUT2D eigenvalue weighted by atomic mass is 16.3. The van der Waals surface area contributed by atoms with Crippen molar-refractivity contribution in [3.63, 3.8) is 0 Å². The van der Waals surface area contributed by atoms with Crippen LogP contribution in [0, 0.1) is 13.8 Å². The Morgan fingerprint density at radius 1 is 1.28 bits per heavy atom. The Morgan fingerprint density at radius 2 is 2.06 bits per heavy atom. The van der Waals surface area contributed by atoms with Crippen molar-refractivity contribution in [2.24, 2.45) is 0 Å². The first-order valence-corrected chi connectivity index (χ1v) is 5.60. The van der Waals surface area contributed by atoms with E-state index in [0.29, 0.717) is 5.82 Å². The van der Waals surface area contributed by atoms with Crippen LogP contribution in [-0.2, 0) is 0 Å². The molecule has 1 aromatic carbocycles. The lowest BCUT2D eigenvalue weighted by Crippen LogP contribution is -2.14. The molecule has 1 heterocycles. The molecule has 0 bridgehead atoms. The summed E-state index contributed by atoms with van der Waals surface area (Å²) in [5.74, 6) is 0.105. The zero-order valence-corrected chi connectivity index (χ0v) is 10.3. The maximum absolute atomic E-state index is 12.0. The topological polar surface area (TPSA) is 62.2 Å². The fraction of sp³-hybridized carbons (Fsp3) is 0.143. The van der Waals surface area contributed by atoms with Crippen LogP contribution in [0.15, 0.2) is 36.5 Å². The Kier molecular flexibility index (Phi) is 3.28. The molecule has 0 radical (unpaired) electrons. The van der Waals surface area contributed by atoms with E-state index in [2.05, 4.69) is 10.3 Å². The highest BCUT2D eigenvalue weighted by molar-refractivity contribution is 6.06. The van der Waals surface area contributed by atoms with Crippen molar-refractivity contribution < 1.29 is 9.90 Å². The number of hydrogen-bond donors (Lipinski definition) is 2. The van der Waals surface area contributed by atoms with Crippen molar-refractivity contribution in [2.45, 2.75) is 13.8 Å². The van der Waals surface area contributed by atoms with Gasteiger partial charge in [-0.15, -0.1) is 0 Å². The van der Waals surface area contributed by atoms with Crippen LogP contribution in [0.25, 0.3) is 0 Å². The van der Waals surface area contributed by atoms with Crippen molar-refractivity contribution >= 4 is 11.7 Å². The van der Waals surface area contributed by atoms with Crippen LogP contribution in [0.3, 0.4) is 0 Å². The second-order valence-electron chi connectivity index (χ2n) is 4.14. The van der Waals surface area contributed by atoms with E-state index in [4.69, 9.17) is 0 Å². The van der Waals surface area contributed by atoms with Crippen molar-refractivity contribution in [2.75, 3.05) is 5.32 Å². The third-order valence-electron chi connectivity index (χ3n) is 2.64. The molecule has 0 fully saturated rings. The van der Waals surface area contributed by atoms with Crippen LogP contribution >= 0.6 is 0 Å². The molecule has 2 aromatic rings. The van der Waals surface area contributed by atoms with Crippen LogP contribution in [0.1, 0.15) is 21.5 Å². The minimum atomic E-state index is -0.363. The minimum absolute atomic E-state index is 0.0355. The molecule has 0 unspecified atom stereocenters. The summed E-state index contributed by atoms with van der Waals surface area (Å²) in [7, 11) is 0. The maximum Gasteiger partial charge on any atom is 0.260 e. The molecule has 1 amide bonds. The van der Waals surface area contributed by atoms with Crippen LogP contribution in [0.4, 0.5) is 5.82 Å². The number of carbonyl (C=O) groups excluding carboxylic acids is 1. The number of pyridine rings is 1. The molecule has 0 aliphatic carbocycles. The van der Waals surface area contributed by atoms with Gasteiger partial charge >= 0.3 is 0 Å². The highest BCUT2D eigenvalue weighted by Crippen LogP contribution is 2.20. The number of benzene rings is 1. The number of aryl methyl sites for hydroxylation is 2. The van der Waals surface area contributed by atoms with Gasteiger partial charge in [0.15, 0.2) is 0 Å². The van der Waals surface area contributed by atoms with E-state index in [-0.39, 0.29) is 17.2 Å². The molecule has 0 spiro atoms.